The molecule has 4 heteroatoms. The monoisotopic (exact) mass is 270 g/mol. The van der Waals surface area contributed by atoms with E-state index in [1.165, 1.54) is 0 Å². The van der Waals surface area contributed by atoms with E-state index < -0.39 is 0 Å². The second kappa shape index (κ2) is 5.90. The Balaban J connectivity index is 1.73. The Hall–Kier alpha value is -2.10. The van der Waals surface area contributed by atoms with E-state index in [1.54, 1.807) is 12.5 Å². The summed E-state index contributed by atoms with van der Waals surface area (Å²) in [5.41, 5.74) is 1.05. The maximum atomic E-state index is 12.5. The van der Waals surface area contributed by atoms with E-state index in [1.807, 2.05) is 35.4 Å². The topological polar surface area (TPSA) is 46.3 Å². The van der Waals surface area contributed by atoms with Gasteiger partial charge in [-0.2, -0.15) is 0 Å². The summed E-state index contributed by atoms with van der Waals surface area (Å²) in [4.78, 5) is 18.5. The first-order chi connectivity index (χ1) is 9.83. The highest BCUT2D eigenvalue weighted by atomic mass is 16.3. The van der Waals surface area contributed by atoms with Crippen LogP contribution in [0, 0.1) is 5.92 Å². The van der Waals surface area contributed by atoms with Crippen molar-refractivity contribution in [2.24, 2.45) is 5.92 Å². The molecule has 3 rings (SSSR count). The van der Waals surface area contributed by atoms with Crippen LogP contribution < -0.4 is 0 Å². The first-order valence-electron chi connectivity index (χ1n) is 7.03. The summed E-state index contributed by atoms with van der Waals surface area (Å²) in [5, 5.41) is 0. The quantitative estimate of drug-likeness (QED) is 0.839. The number of hydrogen-bond donors (Lipinski definition) is 0. The molecule has 0 aliphatic heterocycles. The number of amides is 1. The summed E-state index contributed by atoms with van der Waals surface area (Å²) in [6.45, 7) is 1.11. The van der Waals surface area contributed by atoms with E-state index in [0.29, 0.717) is 13.1 Å². The standard InChI is InChI=1S/C16H18N2O2/c19-16(14-5-1-6-14)18(12-15-7-3-9-20-15)11-13-4-2-8-17-10-13/h2-4,7-10,14H,1,5-6,11-12H2. The molecule has 2 aromatic rings. The van der Waals surface area contributed by atoms with Crippen LogP contribution in [0.2, 0.25) is 0 Å². The van der Waals surface area contributed by atoms with Crippen molar-refractivity contribution in [3.05, 3.63) is 54.2 Å². The fraction of sp³-hybridized carbons (Fsp3) is 0.375. The lowest BCUT2D eigenvalue weighted by molar-refractivity contribution is -0.139. The summed E-state index contributed by atoms with van der Waals surface area (Å²) in [6, 6.07) is 7.65. The van der Waals surface area contributed by atoms with Gasteiger partial charge in [-0.3, -0.25) is 9.78 Å². The molecule has 104 valence electrons. The molecule has 4 nitrogen and oxygen atoms in total. The third kappa shape index (κ3) is 2.90. The maximum Gasteiger partial charge on any atom is 0.226 e. The third-order valence-corrected chi connectivity index (χ3v) is 3.79. The minimum Gasteiger partial charge on any atom is -0.467 e. The van der Waals surface area contributed by atoms with E-state index in [4.69, 9.17) is 4.42 Å². The van der Waals surface area contributed by atoms with Crippen LogP contribution in [0.1, 0.15) is 30.6 Å². The highest BCUT2D eigenvalue weighted by molar-refractivity contribution is 5.79. The van der Waals surface area contributed by atoms with E-state index in [2.05, 4.69) is 4.98 Å². The van der Waals surface area contributed by atoms with Crippen LogP contribution in [-0.2, 0) is 17.9 Å². The van der Waals surface area contributed by atoms with Gasteiger partial charge in [0.15, 0.2) is 0 Å². The zero-order chi connectivity index (χ0) is 13.8. The second-order valence-corrected chi connectivity index (χ2v) is 5.26. The van der Waals surface area contributed by atoms with Crippen molar-refractivity contribution in [2.75, 3.05) is 0 Å². The highest BCUT2D eigenvalue weighted by Gasteiger charge is 2.29. The van der Waals surface area contributed by atoms with Gasteiger partial charge in [0.1, 0.15) is 5.76 Å². The Bertz CT molecular complexity index is 547. The first kappa shape index (κ1) is 12.9. The molecule has 0 saturated heterocycles. The molecule has 0 aromatic carbocycles. The first-order valence-corrected chi connectivity index (χ1v) is 7.03. The van der Waals surface area contributed by atoms with Crippen LogP contribution in [0.15, 0.2) is 47.3 Å². The summed E-state index contributed by atoms with van der Waals surface area (Å²) >= 11 is 0. The summed E-state index contributed by atoms with van der Waals surface area (Å²) < 4.78 is 5.37. The molecule has 0 bridgehead atoms. The molecular weight excluding hydrogens is 252 g/mol. The molecule has 0 unspecified atom stereocenters. The zero-order valence-corrected chi connectivity index (χ0v) is 11.4. The number of carbonyl (C=O) groups excluding carboxylic acids is 1. The molecule has 1 amide bonds. The Labute approximate surface area is 118 Å². The largest absolute Gasteiger partial charge is 0.467 e. The lowest BCUT2D eigenvalue weighted by Gasteiger charge is -2.31. The van der Waals surface area contributed by atoms with Crippen LogP contribution in [0.3, 0.4) is 0 Å². The molecule has 20 heavy (non-hydrogen) atoms. The van der Waals surface area contributed by atoms with Gasteiger partial charge in [-0.25, -0.2) is 0 Å². The SMILES string of the molecule is O=C(C1CCC1)N(Cc1cccnc1)Cc1ccco1. The van der Waals surface area contributed by atoms with Crippen LogP contribution >= 0.6 is 0 Å². The Kier molecular flexibility index (Phi) is 3.81. The van der Waals surface area contributed by atoms with Gasteiger partial charge in [-0.15, -0.1) is 0 Å². The molecular formula is C16H18N2O2. The average Bonchev–Trinajstić information content (AvgIpc) is 2.90. The van der Waals surface area contributed by atoms with Gasteiger partial charge < -0.3 is 9.32 Å². The lowest BCUT2D eigenvalue weighted by atomic mass is 9.84. The average molecular weight is 270 g/mol. The van der Waals surface area contributed by atoms with Crippen molar-refractivity contribution in [2.45, 2.75) is 32.4 Å². The minimum atomic E-state index is 0.196. The second-order valence-electron chi connectivity index (χ2n) is 5.26. The van der Waals surface area contributed by atoms with Gasteiger partial charge in [0, 0.05) is 24.9 Å². The molecule has 0 N–H and O–H groups in total. The molecule has 1 aliphatic carbocycles. The van der Waals surface area contributed by atoms with Gasteiger partial charge in [-0.1, -0.05) is 12.5 Å². The van der Waals surface area contributed by atoms with Gasteiger partial charge in [0.25, 0.3) is 0 Å². The zero-order valence-electron chi connectivity index (χ0n) is 11.4. The van der Waals surface area contributed by atoms with Crippen LogP contribution in [0.25, 0.3) is 0 Å². The summed E-state index contributed by atoms with van der Waals surface area (Å²) in [6.07, 6.45) is 8.39. The number of nitrogens with zero attached hydrogens (tertiary/aromatic N) is 2. The molecule has 2 heterocycles. The molecule has 1 saturated carbocycles. The molecule has 1 aliphatic rings. The van der Waals surface area contributed by atoms with Crippen molar-refractivity contribution >= 4 is 5.91 Å². The van der Waals surface area contributed by atoms with E-state index in [0.717, 1.165) is 30.6 Å². The number of pyridine rings is 1. The molecule has 1 fully saturated rings. The van der Waals surface area contributed by atoms with Crippen molar-refractivity contribution in [1.29, 1.82) is 0 Å². The molecule has 0 radical (unpaired) electrons. The number of hydrogen-bond acceptors (Lipinski definition) is 3. The Morgan fingerprint density at radius 1 is 1.30 bits per heavy atom. The van der Waals surface area contributed by atoms with Crippen molar-refractivity contribution < 1.29 is 9.21 Å². The Morgan fingerprint density at radius 2 is 2.20 bits per heavy atom. The predicted molar refractivity (Wildman–Crippen MR) is 74.5 cm³/mol. The normalized spacial score (nSPS) is 14.8. The fourth-order valence-corrected chi connectivity index (χ4v) is 2.43. The molecule has 0 atom stereocenters. The number of carbonyl (C=O) groups is 1. The van der Waals surface area contributed by atoms with Gasteiger partial charge in [0.2, 0.25) is 5.91 Å². The van der Waals surface area contributed by atoms with Gasteiger partial charge >= 0.3 is 0 Å². The van der Waals surface area contributed by atoms with Crippen molar-refractivity contribution in [3.8, 4) is 0 Å². The highest BCUT2D eigenvalue weighted by Crippen LogP contribution is 2.29. The predicted octanol–water partition coefficient (Wildman–Crippen LogP) is 3.00. The van der Waals surface area contributed by atoms with Gasteiger partial charge in [0.05, 0.1) is 12.8 Å². The number of rotatable bonds is 5. The van der Waals surface area contributed by atoms with E-state index >= 15 is 0 Å². The Morgan fingerprint density at radius 3 is 2.80 bits per heavy atom. The van der Waals surface area contributed by atoms with Crippen LogP contribution in [0.4, 0.5) is 0 Å². The summed E-state index contributed by atoms with van der Waals surface area (Å²) in [5.74, 6) is 1.25. The van der Waals surface area contributed by atoms with E-state index in [-0.39, 0.29) is 11.8 Å². The third-order valence-electron chi connectivity index (χ3n) is 3.79. The molecule has 0 spiro atoms. The molecule has 2 aromatic heterocycles. The maximum absolute atomic E-state index is 12.5. The summed E-state index contributed by atoms with van der Waals surface area (Å²) in [7, 11) is 0. The van der Waals surface area contributed by atoms with Crippen LogP contribution in [-0.4, -0.2) is 15.8 Å². The van der Waals surface area contributed by atoms with Crippen molar-refractivity contribution in [1.82, 2.24) is 9.88 Å². The minimum absolute atomic E-state index is 0.196. The number of furan rings is 1. The van der Waals surface area contributed by atoms with E-state index in [9.17, 15) is 4.79 Å². The smallest absolute Gasteiger partial charge is 0.226 e. The van der Waals surface area contributed by atoms with Gasteiger partial charge in [-0.05, 0) is 36.6 Å². The number of aromatic nitrogens is 1. The lowest BCUT2D eigenvalue weighted by Crippen LogP contribution is -2.38. The fourth-order valence-electron chi connectivity index (χ4n) is 2.43. The van der Waals surface area contributed by atoms with Crippen LogP contribution in [0.5, 0.6) is 0 Å². The van der Waals surface area contributed by atoms with Crippen molar-refractivity contribution in [3.63, 3.8) is 0 Å².